The zero-order valence-corrected chi connectivity index (χ0v) is 13.1. The van der Waals surface area contributed by atoms with Crippen molar-refractivity contribution in [3.8, 4) is 0 Å². The monoisotopic (exact) mass is 261 g/mol. The van der Waals surface area contributed by atoms with Crippen LogP contribution >= 0.6 is 0 Å². The smallest absolute Gasteiger partial charge is 0.0662 e. The molecule has 1 saturated heterocycles. The minimum absolute atomic E-state index is 0.0487. The van der Waals surface area contributed by atoms with Gasteiger partial charge in [0.25, 0.3) is 0 Å². The van der Waals surface area contributed by atoms with E-state index < -0.39 is 0 Å². The molecule has 0 bridgehead atoms. The van der Waals surface area contributed by atoms with Crippen LogP contribution in [0.15, 0.2) is 18.2 Å². The third kappa shape index (κ3) is 3.37. The van der Waals surface area contributed by atoms with Gasteiger partial charge >= 0.3 is 0 Å². The summed E-state index contributed by atoms with van der Waals surface area (Å²) in [7, 11) is 0. The van der Waals surface area contributed by atoms with Crippen molar-refractivity contribution in [3.63, 3.8) is 0 Å². The minimum Gasteiger partial charge on any atom is -0.378 e. The summed E-state index contributed by atoms with van der Waals surface area (Å²) >= 11 is 0. The van der Waals surface area contributed by atoms with Crippen molar-refractivity contribution in [1.29, 1.82) is 0 Å². The second kappa shape index (κ2) is 4.92. The molecular formula is C17H27NO. The van der Waals surface area contributed by atoms with Crippen molar-refractivity contribution in [2.24, 2.45) is 0 Å². The van der Waals surface area contributed by atoms with Crippen LogP contribution in [-0.2, 0) is 10.2 Å². The highest BCUT2D eigenvalue weighted by Crippen LogP contribution is 2.30. The van der Waals surface area contributed by atoms with Gasteiger partial charge in [-0.25, -0.2) is 0 Å². The number of rotatable bonds is 1. The van der Waals surface area contributed by atoms with E-state index >= 15 is 0 Å². The Hall–Kier alpha value is -0.860. The Bertz CT molecular complexity index is 457. The third-order valence-electron chi connectivity index (χ3n) is 3.83. The molecule has 1 aromatic rings. The van der Waals surface area contributed by atoms with Crippen LogP contribution in [-0.4, -0.2) is 18.8 Å². The van der Waals surface area contributed by atoms with Gasteiger partial charge in [0.2, 0.25) is 0 Å². The van der Waals surface area contributed by atoms with E-state index in [-0.39, 0.29) is 11.0 Å². The molecule has 1 atom stereocenters. The Morgan fingerprint density at radius 3 is 2.53 bits per heavy atom. The van der Waals surface area contributed by atoms with E-state index in [4.69, 9.17) is 4.74 Å². The number of morpholine rings is 1. The number of nitrogens with one attached hydrogen (secondary N) is 1. The Balaban J connectivity index is 2.33. The fourth-order valence-corrected chi connectivity index (χ4v) is 2.64. The third-order valence-corrected chi connectivity index (χ3v) is 3.83. The van der Waals surface area contributed by atoms with Gasteiger partial charge in [0.1, 0.15) is 0 Å². The molecule has 0 aromatic heterocycles. The SMILES string of the molecule is Cc1ccc(C(C)(C)C)cc1C1COCC(C)(C)N1. The topological polar surface area (TPSA) is 21.3 Å². The summed E-state index contributed by atoms with van der Waals surface area (Å²) in [6.45, 7) is 14.9. The second-order valence-electron chi connectivity index (χ2n) is 7.42. The summed E-state index contributed by atoms with van der Waals surface area (Å²) in [6.07, 6.45) is 0. The summed E-state index contributed by atoms with van der Waals surface area (Å²) < 4.78 is 5.77. The highest BCUT2D eigenvalue weighted by molar-refractivity contribution is 5.37. The van der Waals surface area contributed by atoms with Crippen molar-refractivity contribution in [2.75, 3.05) is 13.2 Å². The van der Waals surface area contributed by atoms with Crippen molar-refractivity contribution in [1.82, 2.24) is 5.32 Å². The number of hydrogen-bond donors (Lipinski definition) is 1. The van der Waals surface area contributed by atoms with Crippen LogP contribution in [0.3, 0.4) is 0 Å². The predicted molar refractivity (Wildman–Crippen MR) is 80.7 cm³/mol. The van der Waals surface area contributed by atoms with Crippen LogP contribution in [0.1, 0.15) is 57.4 Å². The zero-order valence-electron chi connectivity index (χ0n) is 13.1. The summed E-state index contributed by atoms with van der Waals surface area (Å²) in [6, 6.07) is 7.12. The highest BCUT2D eigenvalue weighted by atomic mass is 16.5. The average molecular weight is 261 g/mol. The lowest BCUT2D eigenvalue weighted by atomic mass is 9.84. The largest absolute Gasteiger partial charge is 0.378 e. The van der Waals surface area contributed by atoms with E-state index in [0.717, 1.165) is 13.2 Å². The van der Waals surface area contributed by atoms with E-state index in [1.807, 2.05) is 0 Å². The Labute approximate surface area is 117 Å². The molecule has 106 valence electrons. The molecule has 19 heavy (non-hydrogen) atoms. The molecule has 1 aliphatic rings. The van der Waals surface area contributed by atoms with Gasteiger partial charge in [0.05, 0.1) is 19.3 Å². The molecule has 1 N–H and O–H groups in total. The lowest BCUT2D eigenvalue weighted by Gasteiger charge is -2.38. The van der Waals surface area contributed by atoms with Gasteiger partial charge in [-0.3, -0.25) is 0 Å². The summed E-state index contributed by atoms with van der Waals surface area (Å²) in [4.78, 5) is 0. The van der Waals surface area contributed by atoms with E-state index in [9.17, 15) is 0 Å². The van der Waals surface area contributed by atoms with Crippen LogP contribution in [0.25, 0.3) is 0 Å². The second-order valence-corrected chi connectivity index (χ2v) is 7.42. The molecule has 2 rings (SSSR count). The van der Waals surface area contributed by atoms with Gasteiger partial charge in [-0.15, -0.1) is 0 Å². The quantitative estimate of drug-likeness (QED) is 0.831. The van der Waals surface area contributed by atoms with Crippen molar-refractivity contribution < 1.29 is 4.74 Å². The van der Waals surface area contributed by atoms with Crippen molar-refractivity contribution in [2.45, 2.75) is 58.5 Å². The van der Waals surface area contributed by atoms with Crippen molar-refractivity contribution in [3.05, 3.63) is 34.9 Å². The van der Waals surface area contributed by atoms with Gasteiger partial charge in [-0.1, -0.05) is 39.0 Å². The fourth-order valence-electron chi connectivity index (χ4n) is 2.64. The summed E-state index contributed by atoms with van der Waals surface area (Å²) in [5.74, 6) is 0. The molecule has 1 fully saturated rings. The Kier molecular flexibility index (Phi) is 3.76. The van der Waals surface area contributed by atoms with Crippen LogP contribution in [0, 0.1) is 6.92 Å². The van der Waals surface area contributed by atoms with Gasteiger partial charge < -0.3 is 10.1 Å². The maximum Gasteiger partial charge on any atom is 0.0662 e. The first-order chi connectivity index (χ1) is 8.69. The van der Waals surface area contributed by atoms with Crippen LogP contribution < -0.4 is 5.32 Å². The van der Waals surface area contributed by atoms with Crippen LogP contribution in [0.4, 0.5) is 0 Å². The average Bonchev–Trinajstić information content (AvgIpc) is 2.26. The minimum atomic E-state index is 0.0487. The van der Waals surface area contributed by atoms with Crippen molar-refractivity contribution >= 4 is 0 Å². The lowest BCUT2D eigenvalue weighted by Crippen LogP contribution is -2.51. The molecule has 0 amide bonds. The van der Waals surface area contributed by atoms with E-state index in [0.29, 0.717) is 6.04 Å². The van der Waals surface area contributed by atoms with Crippen LogP contribution in [0.2, 0.25) is 0 Å². The highest BCUT2D eigenvalue weighted by Gasteiger charge is 2.29. The molecule has 1 aliphatic heterocycles. The first-order valence-electron chi connectivity index (χ1n) is 7.15. The maximum atomic E-state index is 5.77. The first kappa shape index (κ1) is 14.5. The lowest BCUT2D eigenvalue weighted by molar-refractivity contribution is 0.0125. The standard InChI is InChI=1S/C17H27NO/c1-12-7-8-13(16(2,3)4)9-14(12)15-10-19-11-17(5,6)18-15/h7-9,15,18H,10-11H2,1-6H3. The van der Waals surface area contributed by atoms with Crippen LogP contribution in [0.5, 0.6) is 0 Å². The van der Waals surface area contributed by atoms with Gasteiger partial charge in [0, 0.05) is 5.54 Å². The molecule has 0 spiro atoms. The number of hydrogen-bond acceptors (Lipinski definition) is 2. The zero-order chi connectivity index (χ0) is 14.3. The molecule has 2 heteroatoms. The first-order valence-corrected chi connectivity index (χ1v) is 7.15. The Morgan fingerprint density at radius 1 is 1.26 bits per heavy atom. The van der Waals surface area contributed by atoms with E-state index in [1.54, 1.807) is 0 Å². The number of ether oxygens (including phenoxy) is 1. The van der Waals surface area contributed by atoms with Gasteiger partial charge in [0.15, 0.2) is 0 Å². The maximum absolute atomic E-state index is 5.77. The molecule has 2 nitrogen and oxygen atoms in total. The summed E-state index contributed by atoms with van der Waals surface area (Å²) in [5, 5.41) is 3.70. The fraction of sp³-hybridized carbons (Fsp3) is 0.647. The Morgan fingerprint density at radius 2 is 1.95 bits per heavy atom. The van der Waals surface area contributed by atoms with E-state index in [2.05, 4.69) is 65.1 Å². The number of benzene rings is 1. The predicted octanol–water partition coefficient (Wildman–Crippen LogP) is 3.73. The van der Waals surface area contributed by atoms with Gasteiger partial charge in [-0.2, -0.15) is 0 Å². The summed E-state index contributed by atoms with van der Waals surface area (Å²) in [5.41, 5.74) is 4.34. The molecule has 1 heterocycles. The number of aryl methyl sites for hydroxylation is 1. The molecule has 0 saturated carbocycles. The molecule has 0 radical (unpaired) electrons. The molecule has 0 aliphatic carbocycles. The van der Waals surface area contributed by atoms with Gasteiger partial charge in [-0.05, 0) is 42.9 Å². The normalized spacial score (nSPS) is 23.4. The molecule has 1 unspecified atom stereocenters. The van der Waals surface area contributed by atoms with E-state index in [1.165, 1.54) is 16.7 Å². The molecular weight excluding hydrogens is 234 g/mol. The molecule has 1 aromatic carbocycles.